The van der Waals surface area contributed by atoms with E-state index in [0.717, 1.165) is 48.9 Å². The fourth-order valence-corrected chi connectivity index (χ4v) is 5.09. The number of carboxylic acids is 1. The number of piperidine rings is 1. The second-order valence-electron chi connectivity index (χ2n) is 9.33. The molecule has 2 aromatic carbocycles. The summed E-state index contributed by atoms with van der Waals surface area (Å²) in [6.45, 7) is 3.41. The molecule has 0 saturated carbocycles. The summed E-state index contributed by atoms with van der Waals surface area (Å²) in [5.41, 5.74) is 3.56. The van der Waals surface area contributed by atoms with E-state index in [9.17, 15) is 13.2 Å². The fraction of sp³-hybridized carbons (Fsp3) is 0.400. The number of anilines is 2. The van der Waals surface area contributed by atoms with Gasteiger partial charge in [0.25, 0.3) is 5.89 Å². The number of nitrogens with one attached hydrogen (secondary N) is 1. The Bertz CT molecular complexity index is 1340. The average Bonchev–Trinajstić information content (AvgIpc) is 3.29. The fourth-order valence-electron chi connectivity index (χ4n) is 4.52. The van der Waals surface area contributed by atoms with Gasteiger partial charge in [-0.3, -0.25) is 14.4 Å². The summed E-state index contributed by atoms with van der Waals surface area (Å²) in [6, 6.07) is 13.3. The third kappa shape index (κ3) is 6.41. The molecule has 0 spiro atoms. The molecule has 3 aromatic rings. The summed E-state index contributed by atoms with van der Waals surface area (Å²) < 4.78 is 32.4. The number of hydrogen-bond donors (Lipinski definition) is 2. The molecule has 1 unspecified atom stereocenters. The summed E-state index contributed by atoms with van der Waals surface area (Å²) in [5, 5.41) is 13.1. The van der Waals surface area contributed by atoms with Gasteiger partial charge in [-0.05, 0) is 63.1 Å². The summed E-state index contributed by atoms with van der Waals surface area (Å²) in [4.78, 5) is 19.4. The number of aliphatic carboxylic acids is 1. The van der Waals surface area contributed by atoms with E-state index in [0.29, 0.717) is 29.7 Å². The first-order valence-corrected chi connectivity index (χ1v) is 13.7. The van der Waals surface area contributed by atoms with Gasteiger partial charge in [0, 0.05) is 30.3 Å². The van der Waals surface area contributed by atoms with Crippen LogP contribution in [0.15, 0.2) is 47.0 Å². The zero-order chi connectivity index (χ0) is 25.9. The second kappa shape index (κ2) is 10.7. The zero-order valence-electron chi connectivity index (χ0n) is 20.6. The topological polar surface area (TPSA) is 129 Å². The van der Waals surface area contributed by atoms with Gasteiger partial charge < -0.3 is 14.5 Å². The van der Waals surface area contributed by atoms with E-state index in [2.05, 4.69) is 26.7 Å². The number of aromatic nitrogens is 2. The molecule has 1 fully saturated rings. The Morgan fingerprint density at radius 3 is 2.75 bits per heavy atom. The van der Waals surface area contributed by atoms with E-state index in [-0.39, 0.29) is 12.4 Å². The smallest absolute Gasteiger partial charge is 0.317 e. The van der Waals surface area contributed by atoms with E-state index in [1.807, 2.05) is 36.4 Å². The molecule has 1 saturated heterocycles. The van der Waals surface area contributed by atoms with E-state index in [1.165, 1.54) is 0 Å². The molecule has 0 amide bonds. The van der Waals surface area contributed by atoms with Crippen LogP contribution in [-0.4, -0.2) is 67.0 Å². The first kappa shape index (κ1) is 25.6. The van der Waals surface area contributed by atoms with Crippen molar-refractivity contribution in [3.63, 3.8) is 0 Å². The Hall–Kier alpha value is -3.44. The number of carboxylic acid groups (broad SMARTS) is 1. The van der Waals surface area contributed by atoms with E-state index in [4.69, 9.17) is 9.63 Å². The molecule has 1 atom stereocenters. The standard InChI is InChI=1S/C25H31N5O5S/c1-17-7-4-5-12-30(17)22-11-10-20(14-21(22)28-36(3,33)34)25-26-24(27-35-25)19-9-6-8-18(13-19)15-29(2)16-23(31)32/h6,8-11,13-14,17,28H,4-5,7,12,15-16H2,1-3H3,(H,31,32). The lowest BCUT2D eigenvalue weighted by atomic mass is 10.0. The van der Waals surface area contributed by atoms with Gasteiger partial charge in [-0.15, -0.1) is 0 Å². The van der Waals surface area contributed by atoms with Gasteiger partial charge in [0.1, 0.15) is 0 Å². The minimum Gasteiger partial charge on any atom is -0.480 e. The van der Waals surface area contributed by atoms with Crippen molar-refractivity contribution < 1.29 is 22.8 Å². The maximum atomic E-state index is 12.1. The van der Waals surface area contributed by atoms with Crippen LogP contribution in [0.4, 0.5) is 11.4 Å². The highest BCUT2D eigenvalue weighted by Gasteiger charge is 2.23. The number of rotatable bonds is 9. The molecule has 0 bridgehead atoms. The monoisotopic (exact) mass is 513 g/mol. The second-order valence-corrected chi connectivity index (χ2v) is 11.1. The SMILES string of the molecule is CC1CCCCN1c1ccc(-c2nc(-c3cccc(CN(C)CC(=O)O)c3)no2)cc1NS(C)(=O)=O. The van der Waals surface area contributed by atoms with Crippen LogP contribution < -0.4 is 9.62 Å². The molecule has 1 aliphatic rings. The molecular formula is C25H31N5O5S. The molecule has 4 rings (SSSR count). The van der Waals surface area contributed by atoms with Gasteiger partial charge in [-0.25, -0.2) is 8.42 Å². The molecule has 1 aromatic heterocycles. The Kier molecular flexibility index (Phi) is 7.60. The molecule has 0 radical (unpaired) electrons. The molecule has 36 heavy (non-hydrogen) atoms. The maximum absolute atomic E-state index is 12.1. The van der Waals surface area contributed by atoms with Crippen molar-refractivity contribution in [2.75, 3.05) is 36.0 Å². The summed E-state index contributed by atoms with van der Waals surface area (Å²) in [7, 11) is -1.76. The van der Waals surface area contributed by atoms with E-state index in [1.54, 1.807) is 18.0 Å². The number of carbonyl (C=O) groups is 1. The minimum absolute atomic E-state index is 0.0629. The first-order valence-electron chi connectivity index (χ1n) is 11.8. The Labute approximate surface area is 211 Å². The van der Waals surface area contributed by atoms with Gasteiger partial charge in [0.05, 0.1) is 24.2 Å². The molecule has 11 heteroatoms. The van der Waals surface area contributed by atoms with Crippen LogP contribution in [0.2, 0.25) is 0 Å². The van der Waals surface area contributed by atoms with Gasteiger partial charge in [-0.2, -0.15) is 4.98 Å². The van der Waals surface area contributed by atoms with Crippen molar-refractivity contribution in [3.05, 3.63) is 48.0 Å². The van der Waals surface area contributed by atoms with Gasteiger partial charge >= 0.3 is 5.97 Å². The predicted molar refractivity (Wildman–Crippen MR) is 138 cm³/mol. The maximum Gasteiger partial charge on any atom is 0.317 e. The Morgan fingerprint density at radius 2 is 2.03 bits per heavy atom. The lowest BCUT2D eigenvalue weighted by Crippen LogP contribution is -2.38. The van der Waals surface area contributed by atoms with Crippen molar-refractivity contribution in [1.82, 2.24) is 15.0 Å². The van der Waals surface area contributed by atoms with Gasteiger partial charge in [-0.1, -0.05) is 23.4 Å². The van der Waals surface area contributed by atoms with E-state index >= 15 is 0 Å². The van der Waals surface area contributed by atoms with Crippen molar-refractivity contribution in [2.45, 2.75) is 38.8 Å². The molecule has 2 heterocycles. The molecule has 1 aliphatic heterocycles. The lowest BCUT2D eigenvalue weighted by Gasteiger charge is -2.36. The Balaban J connectivity index is 1.61. The highest BCUT2D eigenvalue weighted by Crippen LogP contribution is 2.35. The number of benzene rings is 2. The lowest BCUT2D eigenvalue weighted by molar-refractivity contribution is -0.138. The average molecular weight is 514 g/mol. The number of nitrogens with zero attached hydrogens (tertiary/aromatic N) is 4. The summed E-state index contributed by atoms with van der Waals surface area (Å²) >= 11 is 0. The Morgan fingerprint density at radius 1 is 1.22 bits per heavy atom. The third-order valence-corrected chi connectivity index (χ3v) is 6.71. The van der Waals surface area contributed by atoms with Crippen LogP contribution in [0.5, 0.6) is 0 Å². The minimum atomic E-state index is -3.50. The highest BCUT2D eigenvalue weighted by molar-refractivity contribution is 7.92. The van der Waals surface area contributed by atoms with Crippen LogP contribution in [-0.2, 0) is 21.4 Å². The van der Waals surface area contributed by atoms with Crippen molar-refractivity contribution >= 4 is 27.4 Å². The molecule has 0 aliphatic carbocycles. The van der Waals surface area contributed by atoms with Crippen LogP contribution in [0.3, 0.4) is 0 Å². The van der Waals surface area contributed by atoms with Crippen LogP contribution in [0.25, 0.3) is 22.8 Å². The molecular weight excluding hydrogens is 482 g/mol. The largest absolute Gasteiger partial charge is 0.480 e. The number of hydrogen-bond acceptors (Lipinski definition) is 8. The number of likely N-dealkylation sites (N-methyl/N-ethyl adjacent to an activating group) is 1. The van der Waals surface area contributed by atoms with Crippen molar-refractivity contribution in [2.24, 2.45) is 0 Å². The van der Waals surface area contributed by atoms with E-state index < -0.39 is 16.0 Å². The zero-order valence-corrected chi connectivity index (χ0v) is 21.5. The molecule has 10 nitrogen and oxygen atoms in total. The van der Waals surface area contributed by atoms with Gasteiger partial charge in [0.15, 0.2) is 0 Å². The van der Waals surface area contributed by atoms with Crippen molar-refractivity contribution in [3.8, 4) is 22.8 Å². The third-order valence-electron chi connectivity index (χ3n) is 6.12. The van der Waals surface area contributed by atoms with Crippen LogP contribution >= 0.6 is 0 Å². The van der Waals surface area contributed by atoms with Crippen LogP contribution in [0.1, 0.15) is 31.7 Å². The number of sulfonamides is 1. The molecule has 192 valence electrons. The normalized spacial score (nSPS) is 16.3. The predicted octanol–water partition coefficient (Wildman–Crippen LogP) is 3.67. The highest BCUT2D eigenvalue weighted by atomic mass is 32.2. The quantitative estimate of drug-likeness (QED) is 0.440. The molecule has 2 N–H and O–H groups in total. The van der Waals surface area contributed by atoms with Crippen LogP contribution in [0, 0.1) is 0 Å². The summed E-state index contributed by atoms with van der Waals surface area (Å²) in [5.74, 6) is -0.228. The van der Waals surface area contributed by atoms with Gasteiger partial charge in [0.2, 0.25) is 15.8 Å². The summed E-state index contributed by atoms with van der Waals surface area (Å²) in [6.07, 6.45) is 4.40. The first-order chi connectivity index (χ1) is 17.1. The van der Waals surface area contributed by atoms with Crippen molar-refractivity contribution in [1.29, 1.82) is 0 Å².